The molecule has 1 aliphatic carbocycles. The van der Waals surface area contributed by atoms with Crippen LogP contribution >= 0.6 is 0 Å². The van der Waals surface area contributed by atoms with Gasteiger partial charge in [-0.05, 0) is 30.9 Å². The topological polar surface area (TPSA) is 38.3 Å². The minimum absolute atomic E-state index is 0.157. The van der Waals surface area contributed by atoms with Crippen LogP contribution in [0.25, 0.3) is 0 Å². The molecule has 16 heavy (non-hydrogen) atoms. The molecule has 0 bridgehead atoms. The Labute approximate surface area is 95.8 Å². The molecule has 1 aromatic rings. The summed E-state index contributed by atoms with van der Waals surface area (Å²) in [7, 11) is 1.69. The van der Waals surface area contributed by atoms with E-state index in [0.29, 0.717) is 6.61 Å². The second kappa shape index (κ2) is 5.12. The molecule has 0 heterocycles. The fourth-order valence-electron chi connectivity index (χ4n) is 1.65. The highest BCUT2D eigenvalue weighted by Gasteiger charge is 2.29. The summed E-state index contributed by atoms with van der Waals surface area (Å²) < 4.78 is 5.05. The van der Waals surface area contributed by atoms with Crippen LogP contribution in [0.2, 0.25) is 0 Å². The first kappa shape index (κ1) is 11.1. The summed E-state index contributed by atoms with van der Waals surface area (Å²) in [5, 5.41) is 2.99. The van der Waals surface area contributed by atoms with Gasteiger partial charge < -0.3 is 10.1 Å². The summed E-state index contributed by atoms with van der Waals surface area (Å²) in [5.41, 5.74) is 2.06. The number of ether oxygens (including phenoxy) is 1. The number of carbonyl (C=O) groups excluding carboxylic acids is 1. The molecule has 0 saturated heterocycles. The largest absolute Gasteiger partial charge is 0.384 e. The van der Waals surface area contributed by atoms with Crippen molar-refractivity contribution < 1.29 is 9.53 Å². The number of nitrogens with one attached hydrogen (secondary N) is 1. The maximum absolute atomic E-state index is 11.7. The molecule has 86 valence electrons. The zero-order valence-corrected chi connectivity index (χ0v) is 9.53. The fourth-order valence-corrected chi connectivity index (χ4v) is 1.65. The van der Waals surface area contributed by atoms with E-state index >= 15 is 0 Å². The van der Waals surface area contributed by atoms with Crippen LogP contribution in [0.3, 0.4) is 0 Å². The van der Waals surface area contributed by atoms with Gasteiger partial charge in [-0.1, -0.05) is 18.2 Å². The lowest BCUT2D eigenvalue weighted by Crippen LogP contribution is -2.15. The van der Waals surface area contributed by atoms with Crippen LogP contribution < -0.4 is 5.32 Å². The van der Waals surface area contributed by atoms with Gasteiger partial charge in [-0.2, -0.15) is 0 Å². The highest BCUT2D eigenvalue weighted by Crippen LogP contribution is 2.30. The van der Waals surface area contributed by atoms with E-state index in [-0.39, 0.29) is 11.8 Å². The van der Waals surface area contributed by atoms with Crippen molar-refractivity contribution in [3.63, 3.8) is 0 Å². The van der Waals surface area contributed by atoms with Gasteiger partial charge in [0.2, 0.25) is 5.91 Å². The van der Waals surface area contributed by atoms with E-state index in [2.05, 4.69) is 5.32 Å². The molecular weight excluding hydrogens is 202 g/mol. The van der Waals surface area contributed by atoms with Crippen LogP contribution in [0.15, 0.2) is 24.3 Å². The lowest BCUT2D eigenvalue weighted by molar-refractivity contribution is -0.117. The lowest BCUT2D eigenvalue weighted by atomic mass is 10.1. The summed E-state index contributed by atoms with van der Waals surface area (Å²) in [6.07, 6.45) is 2.90. The Morgan fingerprint density at radius 3 is 2.88 bits per heavy atom. The number of anilines is 1. The van der Waals surface area contributed by atoms with Crippen LogP contribution in [0.5, 0.6) is 0 Å². The second-order valence-corrected chi connectivity index (χ2v) is 4.16. The number of hydrogen-bond donors (Lipinski definition) is 1. The molecule has 1 saturated carbocycles. The van der Waals surface area contributed by atoms with E-state index in [0.717, 1.165) is 30.5 Å². The number of amides is 1. The van der Waals surface area contributed by atoms with E-state index in [1.807, 2.05) is 24.3 Å². The van der Waals surface area contributed by atoms with Gasteiger partial charge in [0, 0.05) is 18.7 Å². The lowest BCUT2D eigenvalue weighted by Gasteiger charge is -2.10. The molecule has 0 spiro atoms. The van der Waals surface area contributed by atoms with E-state index in [1.165, 1.54) is 0 Å². The van der Waals surface area contributed by atoms with Crippen molar-refractivity contribution in [2.75, 3.05) is 19.0 Å². The van der Waals surface area contributed by atoms with Crippen molar-refractivity contribution in [2.45, 2.75) is 19.3 Å². The number of hydrogen-bond acceptors (Lipinski definition) is 2. The van der Waals surface area contributed by atoms with Crippen molar-refractivity contribution in [3.8, 4) is 0 Å². The van der Waals surface area contributed by atoms with Gasteiger partial charge in [-0.25, -0.2) is 0 Å². The molecule has 3 heteroatoms. The average Bonchev–Trinajstić information content (AvgIpc) is 3.11. The summed E-state index contributed by atoms with van der Waals surface area (Å²) in [4.78, 5) is 11.7. The van der Waals surface area contributed by atoms with E-state index in [4.69, 9.17) is 4.74 Å². The normalized spacial score (nSPS) is 14.8. The van der Waals surface area contributed by atoms with Crippen molar-refractivity contribution in [3.05, 3.63) is 29.8 Å². The second-order valence-electron chi connectivity index (χ2n) is 4.16. The standard InChI is InChI=1S/C13H17NO2/c1-16-9-8-10-4-2-3-5-12(10)14-13(15)11-6-7-11/h2-5,11H,6-9H2,1H3,(H,14,15). The van der Waals surface area contributed by atoms with Crippen molar-refractivity contribution in [1.82, 2.24) is 0 Å². The van der Waals surface area contributed by atoms with Gasteiger partial charge in [-0.15, -0.1) is 0 Å². The Bertz CT molecular complexity index is 372. The molecular formula is C13H17NO2. The molecule has 1 fully saturated rings. The summed E-state index contributed by atoms with van der Waals surface area (Å²) in [6.45, 7) is 0.677. The van der Waals surface area contributed by atoms with E-state index in [9.17, 15) is 4.79 Å². The van der Waals surface area contributed by atoms with Crippen molar-refractivity contribution in [2.24, 2.45) is 5.92 Å². The number of benzene rings is 1. The molecule has 2 rings (SSSR count). The summed E-state index contributed by atoms with van der Waals surface area (Å²) in [6, 6.07) is 7.91. The Kier molecular flexibility index (Phi) is 3.57. The summed E-state index contributed by atoms with van der Waals surface area (Å²) >= 11 is 0. The van der Waals surface area contributed by atoms with Gasteiger partial charge in [0.05, 0.1) is 6.61 Å². The molecule has 1 amide bonds. The van der Waals surface area contributed by atoms with Crippen molar-refractivity contribution >= 4 is 11.6 Å². The molecule has 0 radical (unpaired) electrons. The quantitative estimate of drug-likeness (QED) is 0.824. The monoisotopic (exact) mass is 219 g/mol. The van der Waals surface area contributed by atoms with Crippen LogP contribution in [-0.4, -0.2) is 19.6 Å². The van der Waals surface area contributed by atoms with Crippen LogP contribution in [0.1, 0.15) is 18.4 Å². The Morgan fingerprint density at radius 2 is 2.19 bits per heavy atom. The van der Waals surface area contributed by atoms with E-state index in [1.54, 1.807) is 7.11 Å². The average molecular weight is 219 g/mol. The van der Waals surface area contributed by atoms with Gasteiger partial charge >= 0.3 is 0 Å². The third kappa shape index (κ3) is 2.83. The first-order chi connectivity index (χ1) is 7.81. The summed E-state index contributed by atoms with van der Waals surface area (Å²) in [5.74, 6) is 0.403. The fraction of sp³-hybridized carbons (Fsp3) is 0.462. The Hall–Kier alpha value is -1.35. The predicted molar refractivity (Wildman–Crippen MR) is 63.4 cm³/mol. The van der Waals surface area contributed by atoms with Gasteiger partial charge in [-0.3, -0.25) is 4.79 Å². The first-order valence-corrected chi connectivity index (χ1v) is 5.69. The predicted octanol–water partition coefficient (Wildman–Crippen LogP) is 2.22. The van der Waals surface area contributed by atoms with E-state index < -0.39 is 0 Å². The van der Waals surface area contributed by atoms with Crippen LogP contribution in [-0.2, 0) is 16.0 Å². The minimum Gasteiger partial charge on any atom is -0.384 e. The number of rotatable bonds is 5. The highest BCUT2D eigenvalue weighted by molar-refractivity contribution is 5.94. The molecule has 0 unspecified atom stereocenters. The maximum Gasteiger partial charge on any atom is 0.227 e. The van der Waals surface area contributed by atoms with Crippen molar-refractivity contribution in [1.29, 1.82) is 0 Å². The molecule has 0 aromatic heterocycles. The molecule has 1 aromatic carbocycles. The first-order valence-electron chi connectivity index (χ1n) is 5.69. The highest BCUT2D eigenvalue weighted by atomic mass is 16.5. The zero-order valence-electron chi connectivity index (χ0n) is 9.53. The molecule has 0 atom stereocenters. The maximum atomic E-state index is 11.7. The molecule has 0 aliphatic heterocycles. The van der Waals surface area contributed by atoms with Crippen LogP contribution in [0.4, 0.5) is 5.69 Å². The third-order valence-corrected chi connectivity index (χ3v) is 2.80. The smallest absolute Gasteiger partial charge is 0.227 e. The number of methoxy groups -OCH3 is 1. The van der Waals surface area contributed by atoms with Gasteiger partial charge in [0.1, 0.15) is 0 Å². The third-order valence-electron chi connectivity index (χ3n) is 2.80. The molecule has 3 nitrogen and oxygen atoms in total. The minimum atomic E-state index is 0.157. The molecule has 1 N–H and O–H groups in total. The number of carbonyl (C=O) groups is 1. The number of para-hydroxylation sites is 1. The van der Waals surface area contributed by atoms with Gasteiger partial charge in [0.25, 0.3) is 0 Å². The zero-order chi connectivity index (χ0) is 11.4. The Morgan fingerprint density at radius 1 is 1.44 bits per heavy atom. The Balaban J connectivity index is 2.02. The molecule has 1 aliphatic rings. The van der Waals surface area contributed by atoms with Crippen LogP contribution in [0, 0.1) is 5.92 Å². The SMILES string of the molecule is COCCc1ccccc1NC(=O)C1CC1. The van der Waals surface area contributed by atoms with Gasteiger partial charge in [0.15, 0.2) is 0 Å².